The lowest BCUT2D eigenvalue weighted by molar-refractivity contribution is -0.141. The van der Waals surface area contributed by atoms with Crippen LogP contribution in [0.15, 0.2) is 29.2 Å². The maximum atomic E-state index is 12.7. The maximum Gasteiger partial charge on any atom is 0.344 e. The van der Waals surface area contributed by atoms with Crippen LogP contribution in [0.1, 0.15) is 43.0 Å². The Bertz CT molecular complexity index is 980. The number of amides is 4. The molecule has 1 heterocycles. The summed E-state index contributed by atoms with van der Waals surface area (Å²) in [6.07, 6.45) is 3.64. The standard InChI is InChI=1S/C19H23N3O7S/c1-12-7-9-19(10-8-12)17(25)22(18(26)20-19)21-15(23)11-29-16(24)13-3-5-14(6-4-13)30(2,27)28/h3-6,12H,7-11H2,1-2H3,(H,20,26)(H,21,23). The van der Waals surface area contributed by atoms with Crippen molar-refractivity contribution in [2.75, 3.05) is 12.9 Å². The van der Waals surface area contributed by atoms with Gasteiger partial charge in [0.2, 0.25) is 0 Å². The number of nitrogens with one attached hydrogen (secondary N) is 2. The number of nitrogens with zero attached hydrogens (tertiary/aromatic N) is 1. The van der Waals surface area contributed by atoms with Gasteiger partial charge in [-0.1, -0.05) is 6.92 Å². The molecule has 162 valence electrons. The predicted octanol–water partition coefficient (Wildman–Crippen LogP) is 0.779. The van der Waals surface area contributed by atoms with Crippen molar-refractivity contribution in [2.24, 2.45) is 5.92 Å². The summed E-state index contributed by atoms with van der Waals surface area (Å²) in [4.78, 5) is 49.0. The number of esters is 1. The summed E-state index contributed by atoms with van der Waals surface area (Å²) in [5, 5.41) is 3.30. The fourth-order valence-corrected chi connectivity index (χ4v) is 4.16. The highest BCUT2D eigenvalue weighted by molar-refractivity contribution is 7.90. The summed E-state index contributed by atoms with van der Waals surface area (Å²) in [5.74, 6) is -1.74. The first-order valence-corrected chi connectivity index (χ1v) is 11.3. The second-order valence-corrected chi connectivity index (χ2v) is 9.76. The van der Waals surface area contributed by atoms with E-state index in [-0.39, 0.29) is 10.5 Å². The summed E-state index contributed by atoms with van der Waals surface area (Å²) in [7, 11) is -3.40. The molecule has 1 aliphatic carbocycles. The molecule has 1 aromatic carbocycles. The Morgan fingerprint density at radius 1 is 1.20 bits per heavy atom. The Morgan fingerprint density at radius 2 is 1.80 bits per heavy atom. The second kappa shape index (κ2) is 8.05. The molecule has 2 N–H and O–H groups in total. The molecule has 1 spiro atoms. The van der Waals surface area contributed by atoms with Gasteiger partial charge in [0.25, 0.3) is 11.8 Å². The molecule has 2 fully saturated rings. The van der Waals surface area contributed by atoms with Gasteiger partial charge >= 0.3 is 12.0 Å². The van der Waals surface area contributed by atoms with Crippen LogP contribution in [0.25, 0.3) is 0 Å². The van der Waals surface area contributed by atoms with Crippen molar-refractivity contribution in [1.82, 2.24) is 15.8 Å². The van der Waals surface area contributed by atoms with E-state index >= 15 is 0 Å². The molecule has 1 aliphatic heterocycles. The van der Waals surface area contributed by atoms with Crippen molar-refractivity contribution in [3.8, 4) is 0 Å². The van der Waals surface area contributed by atoms with Gasteiger partial charge in [0.1, 0.15) is 5.54 Å². The minimum Gasteiger partial charge on any atom is -0.452 e. The van der Waals surface area contributed by atoms with E-state index in [0.717, 1.165) is 19.1 Å². The van der Waals surface area contributed by atoms with Gasteiger partial charge < -0.3 is 10.1 Å². The van der Waals surface area contributed by atoms with E-state index in [9.17, 15) is 27.6 Å². The van der Waals surface area contributed by atoms with E-state index < -0.39 is 45.8 Å². The Hall–Kier alpha value is -2.95. The third-order valence-electron chi connectivity index (χ3n) is 5.38. The largest absolute Gasteiger partial charge is 0.452 e. The smallest absolute Gasteiger partial charge is 0.344 e. The summed E-state index contributed by atoms with van der Waals surface area (Å²) in [6.45, 7) is 1.37. The molecule has 2 aliphatic rings. The number of hydrogen-bond acceptors (Lipinski definition) is 7. The average Bonchev–Trinajstić information content (AvgIpc) is 2.92. The molecule has 0 unspecified atom stereocenters. The Balaban J connectivity index is 1.55. The van der Waals surface area contributed by atoms with E-state index in [2.05, 4.69) is 17.7 Å². The van der Waals surface area contributed by atoms with Crippen molar-refractivity contribution in [3.05, 3.63) is 29.8 Å². The van der Waals surface area contributed by atoms with Crippen LogP contribution in [-0.4, -0.2) is 55.6 Å². The van der Waals surface area contributed by atoms with Crippen molar-refractivity contribution in [2.45, 2.75) is 43.0 Å². The van der Waals surface area contributed by atoms with Crippen LogP contribution in [0.4, 0.5) is 4.79 Å². The highest BCUT2D eigenvalue weighted by atomic mass is 32.2. The van der Waals surface area contributed by atoms with Crippen LogP contribution in [-0.2, 0) is 24.2 Å². The van der Waals surface area contributed by atoms with Gasteiger partial charge in [-0.05, 0) is 55.9 Å². The van der Waals surface area contributed by atoms with Crippen molar-refractivity contribution in [1.29, 1.82) is 0 Å². The Kier molecular flexibility index (Phi) is 5.84. The number of urea groups is 1. The number of ether oxygens (including phenoxy) is 1. The topological polar surface area (TPSA) is 139 Å². The lowest BCUT2D eigenvalue weighted by Crippen LogP contribution is -2.52. The minimum absolute atomic E-state index is 0.0430. The number of imide groups is 1. The SMILES string of the molecule is CC1CCC2(CC1)NC(=O)N(NC(=O)COC(=O)c1ccc(S(C)(=O)=O)cc1)C2=O. The van der Waals surface area contributed by atoms with E-state index in [4.69, 9.17) is 4.74 Å². The zero-order valence-corrected chi connectivity index (χ0v) is 17.5. The second-order valence-electron chi connectivity index (χ2n) is 7.74. The van der Waals surface area contributed by atoms with Crippen LogP contribution >= 0.6 is 0 Å². The average molecular weight is 437 g/mol. The first-order valence-electron chi connectivity index (χ1n) is 9.45. The molecule has 3 rings (SSSR count). The number of rotatable bonds is 5. The number of sulfone groups is 1. The summed E-state index contributed by atoms with van der Waals surface area (Å²) >= 11 is 0. The van der Waals surface area contributed by atoms with Crippen LogP contribution in [0.2, 0.25) is 0 Å². The minimum atomic E-state index is -3.40. The van der Waals surface area contributed by atoms with Gasteiger partial charge in [-0.3, -0.25) is 15.0 Å². The van der Waals surface area contributed by atoms with E-state index in [1.165, 1.54) is 24.3 Å². The quantitative estimate of drug-likeness (QED) is 0.512. The van der Waals surface area contributed by atoms with Crippen LogP contribution < -0.4 is 10.7 Å². The molecule has 0 radical (unpaired) electrons. The highest BCUT2D eigenvalue weighted by Gasteiger charge is 2.52. The zero-order chi connectivity index (χ0) is 22.1. The normalized spacial score (nSPS) is 23.9. The molecule has 11 heteroatoms. The third kappa shape index (κ3) is 4.45. The van der Waals surface area contributed by atoms with E-state index in [1.807, 2.05) is 0 Å². The summed E-state index contributed by atoms with van der Waals surface area (Å²) < 4.78 is 27.8. The Labute approximate surface area is 173 Å². The Morgan fingerprint density at radius 3 is 2.37 bits per heavy atom. The molecular formula is C19H23N3O7S. The predicted molar refractivity (Wildman–Crippen MR) is 104 cm³/mol. The molecule has 10 nitrogen and oxygen atoms in total. The summed E-state index contributed by atoms with van der Waals surface area (Å²) in [6, 6.07) is 4.32. The fraction of sp³-hybridized carbons (Fsp3) is 0.474. The molecule has 0 atom stereocenters. The summed E-state index contributed by atoms with van der Waals surface area (Å²) in [5.41, 5.74) is 1.24. The molecule has 1 saturated carbocycles. The lowest BCUT2D eigenvalue weighted by atomic mass is 9.77. The van der Waals surface area contributed by atoms with Crippen LogP contribution in [0.3, 0.4) is 0 Å². The fourth-order valence-electron chi connectivity index (χ4n) is 3.53. The molecule has 30 heavy (non-hydrogen) atoms. The third-order valence-corrected chi connectivity index (χ3v) is 6.51. The van der Waals surface area contributed by atoms with Gasteiger partial charge in [-0.2, -0.15) is 5.01 Å². The highest BCUT2D eigenvalue weighted by Crippen LogP contribution is 2.35. The van der Waals surface area contributed by atoms with E-state index in [0.29, 0.717) is 23.8 Å². The monoisotopic (exact) mass is 437 g/mol. The van der Waals surface area contributed by atoms with Gasteiger partial charge in [0.05, 0.1) is 10.5 Å². The lowest BCUT2D eigenvalue weighted by Gasteiger charge is -2.33. The molecule has 4 amide bonds. The van der Waals surface area contributed by atoms with Gasteiger partial charge in [-0.15, -0.1) is 0 Å². The van der Waals surface area contributed by atoms with E-state index in [1.54, 1.807) is 0 Å². The number of carbonyl (C=O) groups excluding carboxylic acids is 4. The first kappa shape index (κ1) is 21.8. The molecule has 0 aromatic heterocycles. The maximum absolute atomic E-state index is 12.7. The van der Waals surface area contributed by atoms with Crippen LogP contribution in [0, 0.1) is 5.92 Å². The van der Waals surface area contributed by atoms with Gasteiger partial charge in [0.15, 0.2) is 16.4 Å². The van der Waals surface area contributed by atoms with Crippen molar-refractivity contribution >= 4 is 33.7 Å². The van der Waals surface area contributed by atoms with Crippen molar-refractivity contribution in [3.63, 3.8) is 0 Å². The number of benzene rings is 1. The molecule has 0 bridgehead atoms. The van der Waals surface area contributed by atoms with Gasteiger partial charge in [0, 0.05) is 6.26 Å². The number of hydrazine groups is 1. The van der Waals surface area contributed by atoms with Crippen molar-refractivity contribution < 1.29 is 32.3 Å². The number of hydrogen-bond donors (Lipinski definition) is 2. The number of carbonyl (C=O) groups is 4. The molecule has 1 aromatic rings. The first-order chi connectivity index (χ1) is 14.0. The van der Waals surface area contributed by atoms with Crippen LogP contribution in [0.5, 0.6) is 0 Å². The molecular weight excluding hydrogens is 414 g/mol. The van der Waals surface area contributed by atoms with Gasteiger partial charge in [-0.25, -0.2) is 18.0 Å². The zero-order valence-electron chi connectivity index (χ0n) is 16.6. The molecule has 1 saturated heterocycles.